The smallest absolute Gasteiger partial charge is 0.221 e. The summed E-state index contributed by atoms with van der Waals surface area (Å²) in [7, 11) is 0. The second-order valence-corrected chi connectivity index (χ2v) is 7.37. The first kappa shape index (κ1) is 20.0. The molecule has 1 saturated carbocycles. The topological polar surface area (TPSA) is 55.1 Å². The molecule has 23 heavy (non-hydrogen) atoms. The maximum Gasteiger partial charge on any atom is 0.221 e. The highest BCUT2D eigenvalue weighted by atomic mass is 35.5. The minimum atomic E-state index is -0.224. The molecule has 0 bridgehead atoms. The molecule has 1 fully saturated rings. The third-order valence-corrected chi connectivity index (χ3v) is 4.99. The van der Waals surface area contributed by atoms with Gasteiger partial charge < -0.3 is 11.1 Å². The number of benzene rings is 1. The number of halogens is 1. The Bertz CT molecular complexity index is 511. The lowest BCUT2D eigenvalue weighted by Gasteiger charge is -2.30. The van der Waals surface area contributed by atoms with Gasteiger partial charge in [0, 0.05) is 13.0 Å². The molecule has 1 aliphatic carbocycles. The zero-order chi connectivity index (χ0) is 16.3. The van der Waals surface area contributed by atoms with Crippen LogP contribution in [0.25, 0.3) is 0 Å². The van der Waals surface area contributed by atoms with Crippen LogP contribution in [0, 0.1) is 5.92 Å². The molecule has 1 aliphatic rings. The average Bonchev–Trinajstić information content (AvgIpc) is 3.32. The van der Waals surface area contributed by atoms with Gasteiger partial charge in [0.15, 0.2) is 0 Å². The van der Waals surface area contributed by atoms with Gasteiger partial charge in [0.25, 0.3) is 0 Å². The minimum Gasteiger partial charge on any atom is -0.349 e. The van der Waals surface area contributed by atoms with Gasteiger partial charge in [-0.3, -0.25) is 4.79 Å². The molecule has 1 amide bonds. The predicted molar refractivity (Wildman–Crippen MR) is 99.1 cm³/mol. The van der Waals surface area contributed by atoms with E-state index in [0.29, 0.717) is 24.8 Å². The minimum absolute atomic E-state index is 0. The number of carbonyl (C=O) groups is 1. The van der Waals surface area contributed by atoms with Crippen molar-refractivity contribution in [2.24, 2.45) is 11.7 Å². The standard InChI is InChI=1S/C19H30N2O.ClH/c1-13(2)15-5-7-16(8-6-15)14(3)11-18(22)21-19(4,12-20)17-9-10-17;/h5-8,13-14,17H,9-12,20H2,1-4H3,(H,21,22);1H. The third-order valence-electron chi connectivity index (χ3n) is 4.99. The van der Waals surface area contributed by atoms with Gasteiger partial charge in [0.2, 0.25) is 5.91 Å². The number of nitrogens with one attached hydrogen (secondary N) is 1. The van der Waals surface area contributed by atoms with E-state index in [0.717, 1.165) is 0 Å². The Kier molecular flexibility index (Phi) is 7.09. The highest BCUT2D eigenvalue weighted by molar-refractivity contribution is 5.85. The summed E-state index contributed by atoms with van der Waals surface area (Å²) in [6.45, 7) is 9.08. The molecule has 1 aromatic carbocycles. The van der Waals surface area contributed by atoms with Crippen LogP contribution in [0.1, 0.15) is 69.9 Å². The Morgan fingerprint density at radius 1 is 1.22 bits per heavy atom. The zero-order valence-corrected chi connectivity index (χ0v) is 15.6. The lowest BCUT2D eigenvalue weighted by molar-refractivity contribution is -0.123. The van der Waals surface area contributed by atoms with Crippen LogP contribution >= 0.6 is 12.4 Å². The highest BCUT2D eigenvalue weighted by Gasteiger charge is 2.41. The fraction of sp³-hybridized carbons (Fsp3) is 0.632. The molecule has 2 atom stereocenters. The molecule has 130 valence electrons. The molecular formula is C19H31ClN2O. The lowest BCUT2D eigenvalue weighted by Crippen LogP contribution is -2.53. The summed E-state index contributed by atoms with van der Waals surface area (Å²) in [6, 6.07) is 8.64. The summed E-state index contributed by atoms with van der Waals surface area (Å²) in [5, 5.41) is 3.17. The van der Waals surface area contributed by atoms with Gasteiger partial charge in [-0.15, -0.1) is 12.4 Å². The van der Waals surface area contributed by atoms with Gasteiger partial charge in [0.05, 0.1) is 5.54 Å². The van der Waals surface area contributed by atoms with E-state index in [1.54, 1.807) is 0 Å². The van der Waals surface area contributed by atoms with Crippen molar-refractivity contribution in [1.82, 2.24) is 5.32 Å². The molecule has 3 nitrogen and oxygen atoms in total. The van der Waals surface area contributed by atoms with E-state index in [1.165, 1.54) is 24.0 Å². The molecule has 2 rings (SSSR count). The van der Waals surface area contributed by atoms with Crippen molar-refractivity contribution in [3.63, 3.8) is 0 Å². The summed E-state index contributed by atoms with van der Waals surface area (Å²) in [5.74, 6) is 1.43. The van der Waals surface area contributed by atoms with Crippen molar-refractivity contribution in [2.45, 2.75) is 64.3 Å². The third kappa shape index (κ3) is 5.22. The molecule has 3 N–H and O–H groups in total. The number of carbonyl (C=O) groups excluding carboxylic acids is 1. The monoisotopic (exact) mass is 338 g/mol. The summed E-state index contributed by atoms with van der Waals surface area (Å²) in [6.07, 6.45) is 2.88. The van der Waals surface area contributed by atoms with E-state index in [2.05, 4.69) is 57.3 Å². The van der Waals surface area contributed by atoms with Gasteiger partial charge in [-0.2, -0.15) is 0 Å². The fourth-order valence-electron chi connectivity index (χ4n) is 3.02. The number of rotatable bonds is 7. The molecule has 1 aromatic rings. The summed E-state index contributed by atoms with van der Waals surface area (Å²) in [4.78, 5) is 12.3. The van der Waals surface area contributed by atoms with E-state index in [-0.39, 0.29) is 29.8 Å². The molecule has 0 saturated heterocycles. The normalized spacial score (nSPS) is 18.0. The molecule has 0 aromatic heterocycles. The average molecular weight is 339 g/mol. The number of hydrogen-bond acceptors (Lipinski definition) is 2. The Hall–Kier alpha value is -1.06. The molecule has 0 heterocycles. The first-order chi connectivity index (χ1) is 10.4. The van der Waals surface area contributed by atoms with Crippen molar-refractivity contribution in [2.75, 3.05) is 6.54 Å². The van der Waals surface area contributed by atoms with Crippen LogP contribution in [0.5, 0.6) is 0 Å². The molecule has 0 aliphatic heterocycles. The number of hydrogen-bond donors (Lipinski definition) is 2. The zero-order valence-electron chi connectivity index (χ0n) is 14.8. The van der Waals surface area contributed by atoms with Crippen LogP contribution in [0.2, 0.25) is 0 Å². The Morgan fingerprint density at radius 3 is 2.17 bits per heavy atom. The van der Waals surface area contributed by atoms with E-state index < -0.39 is 0 Å². The van der Waals surface area contributed by atoms with Crippen LogP contribution in [0.15, 0.2) is 24.3 Å². The molecule has 2 unspecified atom stereocenters. The molecule has 0 spiro atoms. The van der Waals surface area contributed by atoms with E-state index in [1.807, 2.05) is 0 Å². The summed E-state index contributed by atoms with van der Waals surface area (Å²) < 4.78 is 0. The Morgan fingerprint density at radius 2 is 1.74 bits per heavy atom. The van der Waals surface area contributed by atoms with Crippen molar-refractivity contribution in [3.8, 4) is 0 Å². The van der Waals surface area contributed by atoms with Crippen molar-refractivity contribution in [3.05, 3.63) is 35.4 Å². The Labute approximate surface area is 146 Å². The molecule has 4 heteroatoms. The fourth-order valence-corrected chi connectivity index (χ4v) is 3.02. The number of nitrogens with two attached hydrogens (primary N) is 1. The predicted octanol–water partition coefficient (Wildman–Crippen LogP) is 3.97. The second kappa shape index (κ2) is 8.16. The van der Waals surface area contributed by atoms with E-state index in [4.69, 9.17) is 5.73 Å². The van der Waals surface area contributed by atoms with Gasteiger partial charge in [-0.05, 0) is 48.6 Å². The van der Waals surface area contributed by atoms with Gasteiger partial charge in [-0.1, -0.05) is 45.0 Å². The van der Waals surface area contributed by atoms with Crippen LogP contribution < -0.4 is 11.1 Å². The molecular weight excluding hydrogens is 308 g/mol. The first-order valence-electron chi connectivity index (χ1n) is 8.46. The SMILES string of the molecule is CC(C)c1ccc(C(C)CC(=O)NC(C)(CN)C2CC2)cc1.Cl. The maximum atomic E-state index is 12.3. The van der Waals surface area contributed by atoms with Crippen molar-refractivity contribution >= 4 is 18.3 Å². The van der Waals surface area contributed by atoms with Crippen LogP contribution in [-0.2, 0) is 4.79 Å². The molecule has 0 radical (unpaired) electrons. The van der Waals surface area contributed by atoms with Crippen molar-refractivity contribution in [1.29, 1.82) is 0 Å². The van der Waals surface area contributed by atoms with E-state index >= 15 is 0 Å². The second-order valence-electron chi connectivity index (χ2n) is 7.37. The van der Waals surface area contributed by atoms with Gasteiger partial charge in [0.1, 0.15) is 0 Å². The first-order valence-corrected chi connectivity index (χ1v) is 8.46. The van der Waals surface area contributed by atoms with Crippen LogP contribution in [0.3, 0.4) is 0 Å². The Balaban J connectivity index is 0.00000264. The summed E-state index contributed by atoms with van der Waals surface area (Å²) in [5.41, 5.74) is 8.20. The van der Waals surface area contributed by atoms with Crippen LogP contribution in [-0.4, -0.2) is 18.0 Å². The highest BCUT2D eigenvalue weighted by Crippen LogP contribution is 2.39. The quantitative estimate of drug-likeness (QED) is 0.790. The van der Waals surface area contributed by atoms with E-state index in [9.17, 15) is 4.79 Å². The van der Waals surface area contributed by atoms with Crippen LogP contribution in [0.4, 0.5) is 0 Å². The largest absolute Gasteiger partial charge is 0.349 e. The maximum absolute atomic E-state index is 12.3. The summed E-state index contributed by atoms with van der Waals surface area (Å²) >= 11 is 0. The lowest BCUT2D eigenvalue weighted by atomic mass is 9.92. The van der Waals surface area contributed by atoms with Gasteiger partial charge in [-0.25, -0.2) is 0 Å². The van der Waals surface area contributed by atoms with Gasteiger partial charge >= 0.3 is 0 Å². The number of amides is 1. The van der Waals surface area contributed by atoms with Crippen molar-refractivity contribution < 1.29 is 4.79 Å².